The first kappa shape index (κ1) is 14.5. The molecule has 1 saturated carbocycles. The predicted molar refractivity (Wildman–Crippen MR) is 80.2 cm³/mol. The molecule has 3 unspecified atom stereocenters. The van der Waals surface area contributed by atoms with Crippen LogP contribution in [-0.2, 0) is 10.3 Å². The monoisotopic (exact) mass is 328 g/mol. The number of carbonyl (C=O) groups is 1. The first-order chi connectivity index (χ1) is 10.0. The summed E-state index contributed by atoms with van der Waals surface area (Å²) in [6.45, 7) is 0.932. The van der Waals surface area contributed by atoms with Gasteiger partial charge in [-0.1, -0.05) is 34.4 Å². The molecule has 0 bridgehead atoms. The minimum atomic E-state index is -0.899. The van der Waals surface area contributed by atoms with Crippen LogP contribution in [0.25, 0.3) is 0 Å². The molecule has 7 heteroatoms. The number of hydrogen-bond donors (Lipinski definition) is 1. The van der Waals surface area contributed by atoms with Gasteiger partial charge in [0, 0.05) is 30.6 Å². The van der Waals surface area contributed by atoms with Crippen molar-refractivity contribution >= 4 is 35.5 Å². The van der Waals surface area contributed by atoms with Crippen molar-refractivity contribution in [3.63, 3.8) is 0 Å². The number of hydrogen-bond acceptors (Lipinski definition) is 3. The van der Waals surface area contributed by atoms with Gasteiger partial charge in [-0.25, -0.2) is 4.79 Å². The Morgan fingerprint density at radius 2 is 2.29 bits per heavy atom. The largest absolute Gasteiger partial charge is 0.465 e. The standard InChI is InChI=1S/C14H14Cl2N2O3/c1-21-17-5-9-10-6-18(13(19)20)7-14(9,10)8-2-3-11(15)12(16)4-8/h2-5,9-10H,6-7H2,1H3,(H,19,20)/b17-5+. The van der Waals surface area contributed by atoms with Gasteiger partial charge in [-0.15, -0.1) is 0 Å². The molecule has 1 aromatic rings. The van der Waals surface area contributed by atoms with E-state index in [1.807, 2.05) is 12.1 Å². The first-order valence-electron chi connectivity index (χ1n) is 6.50. The fraction of sp³-hybridized carbons (Fsp3) is 0.429. The second-order valence-electron chi connectivity index (χ2n) is 5.40. The number of oxime groups is 1. The summed E-state index contributed by atoms with van der Waals surface area (Å²) in [5, 5.41) is 14.0. The Hall–Kier alpha value is -1.46. The molecule has 1 aliphatic carbocycles. The number of nitrogens with zero attached hydrogens (tertiary/aromatic N) is 2. The Kier molecular flexibility index (Phi) is 3.50. The summed E-state index contributed by atoms with van der Waals surface area (Å²) in [7, 11) is 1.49. The van der Waals surface area contributed by atoms with Crippen molar-refractivity contribution in [1.29, 1.82) is 0 Å². The maximum atomic E-state index is 11.2. The highest BCUT2D eigenvalue weighted by atomic mass is 35.5. The van der Waals surface area contributed by atoms with E-state index >= 15 is 0 Å². The third kappa shape index (κ3) is 2.15. The third-order valence-corrected chi connectivity index (χ3v) is 5.24. The number of likely N-dealkylation sites (tertiary alicyclic amines) is 1. The third-order valence-electron chi connectivity index (χ3n) is 4.50. The fourth-order valence-electron chi connectivity index (χ4n) is 3.46. The van der Waals surface area contributed by atoms with Crippen LogP contribution in [-0.4, -0.2) is 42.5 Å². The molecule has 1 aromatic carbocycles. The number of amides is 1. The Balaban J connectivity index is 1.96. The van der Waals surface area contributed by atoms with Crippen molar-refractivity contribution in [2.75, 3.05) is 20.2 Å². The van der Waals surface area contributed by atoms with E-state index in [-0.39, 0.29) is 17.3 Å². The van der Waals surface area contributed by atoms with Crippen LogP contribution in [0.3, 0.4) is 0 Å². The van der Waals surface area contributed by atoms with E-state index in [1.165, 1.54) is 12.0 Å². The normalized spacial score (nSPS) is 30.5. The Morgan fingerprint density at radius 1 is 1.52 bits per heavy atom. The van der Waals surface area contributed by atoms with Crippen molar-refractivity contribution < 1.29 is 14.7 Å². The maximum Gasteiger partial charge on any atom is 0.407 e. The molecule has 1 aliphatic heterocycles. The van der Waals surface area contributed by atoms with Crippen LogP contribution in [0.4, 0.5) is 4.79 Å². The van der Waals surface area contributed by atoms with Gasteiger partial charge < -0.3 is 14.8 Å². The molecule has 5 nitrogen and oxygen atoms in total. The SMILES string of the molecule is CO/N=C/C1C2CN(C(=O)O)CC12c1ccc(Cl)c(Cl)c1. The lowest BCUT2D eigenvalue weighted by molar-refractivity contribution is 0.148. The zero-order valence-corrected chi connectivity index (χ0v) is 12.8. The Labute approximate surface area is 132 Å². The van der Waals surface area contributed by atoms with Gasteiger partial charge in [-0.3, -0.25) is 0 Å². The second kappa shape index (κ2) is 5.07. The molecule has 21 heavy (non-hydrogen) atoms. The van der Waals surface area contributed by atoms with Gasteiger partial charge >= 0.3 is 6.09 Å². The molecule has 1 saturated heterocycles. The van der Waals surface area contributed by atoms with Gasteiger partial charge in [0.05, 0.1) is 10.0 Å². The van der Waals surface area contributed by atoms with Crippen LogP contribution < -0.4 is 0 Å². The molecule has 0 radical (unpaired) electrons. The van der Waals surface area contributed by atoms with Crippen LogP contribution in [0.15, 0.2) is 23.4 Å². The van der Waals surface area contributed by atoms with Gasteiger partial charge in [0.1, 0.15) is 7.11 Å². The van der Waals surface area contributed by atoms with Crippen molar-refractivity contribution in [2.45, 2.75) is 5.41 Å². The van der Waals surface area contributed by atoms with E-state index in [2.05, 4.69) is 5.16 Å². The highest BCUT2D eigenvalue weighted by Gasteiger charge is 2.70. The van der Waals surface area contributed by atoms with Crippen LogP contribution >= 0.6 is 23.2 Å². The van der Waals surface area contributed by atoms with Gasteiger partial charge in [0.25, 0.3) is 0 Å². The summed E-state index contributed by atoms with van der Waals surface area (Å²) in [6, 6.07) is 5.48. The Morgan fingerprint density at radius 3 is 2.90 bits per heavy atom. The van der Waals surface area contributed by atoms with E-state index in [0.717, 1.165) is 5.56 Å². The summed E-state index contributed by atoms with van der Waals surface area (Å²) in [5.41, 5.74) is 0.729. The van der Waals surface area contributed by atoms with Crippen molar-refractivity contribution in [3.8, 4) is 0 Å². The fourth-order valence-corrected chi connectivity index (χ4v) is 3.76. The van der Waals surface area contributed by atoms with Gasteiger partial charge in [-0.2, -0.15) is 0 Å². The van der Waals surface area contributed by atoms with Gasteiger partial charge in [-0.05, 0) is 23.6 Å². The van der Waals surface area contributed by atoms with Crippen LogP contribution in [0.2, 0.25) is 10.0 Å². The molecule has 1 N–H and O–H groups in total. The number of piperidine rings is 1. The van der Waals surface area contributed by atoms with Crippen molar-refractivity contribution in [3.05, 3.63) is 33.8 Å². The average Bonchev–Trinajstić information content (AvgIpc) is 2.86. The lowest BCUT2D eigenvalue weighted by Gasteiger charge is -2.20. The van der Waals surface area contributed by atoms with E-state index in [0.29, 0.717) is 23.1 Å². The van der Waals surface area contributed by atoms with E-state index in [4.69, 9.17) is 28.0 Å². The molecule has 2 fully saturated rings. The summed E-state index contributed by atoms with van der Waals surface area (Å²) in [5.74, 6) is 0.357. The summed E-state index contributed by atoms with van der Waals surface area (Å²) in [6.07, 6.45) is 0.857. The van der Waals surface area contributed by atoms with Gasteiger partial charge in [0.2, 0.25) is 0 Å². The lowest BCUT2D eigenvalue weighted by Crippen LogP contribution is -2.33. The second-order valence-corrected chi connectivity index (χ2v) is 6.22. The number of rotatable bonds is 3. The number of benzene rings is 1. The predicted octanol–water partition coefficient (Wildman–Crippen LogP) is 3.10. The summed E-state index contributed by atoms with van der Waals surface area (Å²) in [4.78, 5) is 17.4. The topological polar surface area (TPSA) is 62.1 Å². The summed E-state index contributed by atoms with van der Waals surface area (Å²) >= 11 is 12.1. The van der Waals surface area contributed by atoms with E-state index in [1.54, 1.807) is 12.3 Å². The minimum Gasteiger partial charge on any atom is -0.465 e. The zero-order chi connectivity index (χ0) is 15.2. The zero-order valence-electron chi connectivity index (χ0n) is 11.3. The molecule has 3 rings (SSSR count). The number of carboxylic acid groups (broad SMARTS) is 1. The smallest absolute Gasteiger partial charge is 0.407 e. The number of fused-ring (bicyclic) bond motifs is 1. The number of halogens is 2. The van der Waals surface area contributed by atoms with Crippen LogP contribution in [0.5, 0.6) is 0 Å². The molecule has 2 aliphatic rings. The highest BCUT2D eigenvalue weighted by Crippen LogP contribution is 2.63. The van der Waals surface area contributed by atoms with Crippen molar-refractivity contribution in [1.82, 2.24) is 4.90 Å². The van der Waals surface area contributed by atoms with Crippen LogP contribution in [0, 0.1) is 11.8 Å². The summed E-state index contributed by atoms with van der Waals surface area (Å²) < 4.78 is 0. The molecule has 1 amide bonds. The molecular weight excluding hydrogens is 315 g/mol. The molecule has 0 aromatic heterocycles. The molecular formula is C14H14Cl2N2O3. The molecule has 3 atom stereocenters. The maximum absolute atomic E-state index is 11.2. The van der Waals surface area contributed by atoms with Crippen molar-refractivity contribution in [2.24, 2.45) is 17.0 Å². The van der Waals surface area contributed by atoms with E-state index < -0.39 is 6.09 Å². The van der Waals surface area contributed by atoms with E-state index in [9.17, 15) is 9.90 Å². The minimum absolute atomic E-state index is 0.158. The lowest BCUT2D eigenvalue weighted by atomic mass is 9.93. The average molecular weight is 329 g/mol. The van der Waals surface area contributed by atoms with Gasteiger partial charge in [0.15, 0.2) is 0 Å². The quantitative estimate of drug-likeness (QED) is 0.685. The highest BCUT2D eigenvalue weighted by molar-refractivity contribution is 6.42. The molecule has 112 valence electrons. The Bertz CT molecular complexity index is 622. The first-order valence-corrected chi connectivity index (χ1v) is 7.26. The molecule has 1 heterocycles. The van der Waals surface area contributed by atoms with Crippen LogP contribution in [0.1, 0.15) is 5.56 Å². The molecule has 0 spiro atoms.